The van der Waals surface area contributed by atoms with Gasteiger partial charge in [-0.1, -0.05) is 36.1 Å². The average Bonchev–Trinajstić information content (AvgIpc) is 3.16. The van der Waals surface area contributed by atoms with Crippen molar-refractivity contribution in [3.8, 4) is 28.8 Å². The highest BCUT2D eigenvalue weighted by atomic mass is 16.5. The van der Waals surface area contributed by atoms with Crippen LogP contribution in [0.1, 0.15) is 23.4 Å². The first-order chi connectivity index (χ1) is 13.6. The predicted molar refractivity (Wildman–Crippen MR) is 106 cm³/mol. The van der Waals surface area contributed by atoms with Crippen LogP contribution in [0.3, 0.4) is 0 Å². The van der Waals surface area contributed by atoms with Crippen molar-refractivity contribution in [3.63, 3.8) is 0 Å². The van der Waals surface area contributed by atoms with Crippen LogP contribution in [0.25, 0.3) is 11.3 Å². The largest absolute Gasteiger partial charge is 0.507 e. The van der Waals surface area contributed by atoms with Crippen molar-refractivity contribution in [2.24, 2.45) is 5.92 Å². The fourth-order valence-corrected chi connectivity index (χ4v) is 3.39. The molecule has 0 saturated heterocycles. The van der Waals surface area contributed by atoms with Crippen LogP contribution in [0.2, 0.25) is 0 Å². The van der Waals surface area contributed by atoms with Crippen molar-refractivity contribution < 1.29 is 14.6 Å². The second kappa shape index (κ2) is 7.61. The van der Waals surface area contributed by atoms with Gasteiger partial charge in [0.05, 0.1) is 24.3 Å². The zero-order valence-electron chi connectivity index (χ0n) is 15.6. The van der Waals surface area contributed by atoms with Gasteiger partial charge < -0.3 is 14.4 Å². The standard InChI is InChI=1S/C23H20N2O3/c1-28-23(27)19-12-13-22-24-20(15-25(22)14-19)17-9-6-16(7-10-17)8-11-18-4-2-3-5-21(18)26/h2-7,9-10,15,19,26H,12-14H2,1H3. The molecule has 0 fully saturated rings. The number of imidazole rings is 1. The molecule has 5 nitrogen and oxygen atoms in total. The topological polar surface area (TPSA) is 64.3 Å². The van der Waals surface area contributed by atoms with E-state index in [1.807, 2.05) is 41.1 Å². The molecule has 3 aromatic rings. The number of para-hydroxylation sites is 1. The quantitative estimate of drug-likeness (QED) is 0.553. The molecular weight excluding hydrogens is 352 g/mol. The third kappa shape index (κ3) is 3.63. The van der Waals surface area contributed by atoms with E-state index < -0.39 is 0 Å². The lowest BCUT2D eigenvalue weighted by Crippen LogP contribution is -2.27. The van der Waals surface area contributed by atoms with E-state index in [1.165, 1.54) is 7.11 Å². The summed E-state index contributed by atoms with van der Waals surface area (Å²) in [5.74, 6) is 6.97. The second-order valence-corrected chi connectivity index (χ2v) is 6.80. The number of aryl methyl sites for hydroxylation is 1. The van der Waals surface area contributed by atoms with Crippen LogP contribution in [0.5, 0.6) is 5.75 Å². The Kier molecular flexibility index (Phi) is 4.86. The van der Waals surface area contributed by atoms with E-state index in [1.54, 1.807) is 18.2 Å². The molecule has 1 unspecified atom stereocenters. The second-order valence-electron chi connectivity index (χ2n) is 6.80. The summed E-state index contributed by atoms with van der Waals surface area (Å²) in [5.41, 5.74) is 3.36. The van der Waals surface area contributed by atoms with E-state index in [0.717, 1.165) is 35.5 Å². The molecule has 4 rings (SSSR count). The molecule has 140 valence electrons. The Bertz CT molecular complexity index is 1070. The number of ether oxygens (including phenoxy) is 1. The molecule has 5 heteroatoms. The number of aromatic hydroxyl groups is 1. The fraction of sp³-hybridized carbons (Fsp3) is 0.217. The number of esters is 1. The number of rotatable bonds is 2. The Hall–Kier alpha value is -3.52. The molecule has 1 atom stereocenters. The molecule has 1 aliphatic rings. The molecule has 0 spiro atoms. The molecule has 0 bridgehead atoms. The number of methoxy groups -OCH3 is 1. The Morgan fingerprint density at radius 2 is 1.96 bits per heavy atom. The van der Waals surface area contributed by atoms with E-state index in [9.17, 15) is 9.90 Å². The maximum atomic E-state index is 11.8. The molecule has 2 heterocycles. The Labute approximate surface area is 163 Å². The summed E-state index contributed by atoms with van der Waals surface area (Å²) in [5, 5.41) is 9.79. The highest BCUT2D eigenvalue weighted by Gasteiger charge is 2.26. The van der Waals surface area contributed by atoms with Gasteiger partial charge in [-0.3, -0.25) is 4.79 Å². The first kappa shape index (κ1) is 17.9. The van der Waals surface area contributed by atoms with Gasteiger partial charge in [-0.2, -0.15) is 0 Å². The van der Waals surface area contributed by atoms with Crippen LogP contribution in [0, 0.1) is 17.8 Å². The number of aromatic nitrogens is 2. The van der Waals surface area contributed by atoms with E-state index >= 15 is 0 Å². The smallest absolute Gasteiger partial charge is 0.310 e. The predicted octanol–water partition coefficient (Wildman–Crippen LogP) is 3.39. The van der Waals surface area contributed by atoms with Crippen molar-refractivity contribution in [1.29, 1.82) is 0 Å². The molecule has 2 aromatic carbocycles. The van der Waals surface area contributed by atoms with Crippen molar-refractivity contribution in [2.45, 2.75) is 19.4 Å². The number of hydrogen-bond acceptors (Lipinski definition) is 4. The van der Waals surface area contributed by atoms with E-state index in [4.69, 9.17) is 9.72 Å². The first-order valence-electron chi connectivity index (χ1n) is 9.18. The van der Waals surface area contributed by atoms with Crippen molar-refractivity contribution >= 4 is 5.97 Å². The maximum Gasteiger partial charge on any atom is 0.310 e. The summed E-state index contributed by atoms with van der Waals surface area (Å²) < 4.78 is 6.92. The SMILES string of the molecule is COC(=O)C1CCc2nc(-c3ccc(C#Cc4ccccc4O)cc3)cn2C1. The third-order valence-electron chi connectivity index (χ3n) is 4.95. The molecule has 1 aromatic heterocycles. The Morgan fingerprint density at radius 3 is 2.71 bits per heavy atom. The van der Waals surface area contributed by atoms with E-state index in [-0.39, 0.29) is 17.6 Å². The molecular formula is C23H20N2O3. The minimum absolute atomic E-state index is 0.105. The number of nitrogens with zero attached hydrogens (tertiary/aromatic N) is 2. The molecule has 28 heavy (non-hydrogen) atoms. The van der Waals surface area contributed by atoms with Gasteiger partial charge in [0.1, 0.15) is 11.6 Å². The molecule has 0 radical (unpaired) electrons. The normalized spacial score (nSPS) is 15.2. The van der Waals surface area contributed by atoms with Gasteiger partial charge in [-0.05, 0) is 30.7 Å². The van der Waals surface area contributed by atoms with Gasteiger partial charge in [-0.25, -0.2) is 4.98 Å². The molecule has 1 aliphatic heterocycles. The number of carbonyl (C=O) groups excluding carboxylic acids is 1. The van der Waals surface area contributed by atoms with Gasteiger partial charge >= 0.3 is 5.97 Å². The third-order valence-corrected chi connectivity index (χ3v) is 4.95. The van der Waals surface area contributed by atoms with E-state index in [2.05, 4.69) is 11.8 Å². The zero-order chi connectivity index (χ0) is 19.5. The number of fused-ring (bicyclic) bond motifs is 1. The summed E-state index contributed by atoms with van der Waals surface area (Å²) in [6.45, 7) is 0.610. The summed E-state index contributed by atoms with van der Waals surface area (Å²) in [6.07, 6.45) is 3.53. The lowest BCUT2D eigenvalue weighted by molar-refractivity contribution is -0.146. The average molecular weight is 372 g/mol. The van der Waals surface area contributed by atoms with Gasteiger partial charge in [0.25, 0.3) is 0 Å². The number of benzene rings is 2. The van der Waals surface area contributed by atoms with Crippen LogP contribution < -0.4 is 0 Å². The van der Waals surface area contributed by atoms with Crippen molar-refractivity contribution in [3.05, 3.63) is 71.7 Å². The van der Waals surface area contributed by atoms with Gasteiger partial charge in [-0.15, -0.1) is 0 Å². The van der Waals surface area contributed by atoms with Crippen LogP contribution >= 0.6 is 0 Å². The van der Waals surface area contributed by atoms with Crippen molar-refractivity contribution in [2.75, 3.05) is 7.11 Å². The van der Waals surface area contributed by atoms with Gasteiger partial charge in [0.2, 0.25) is 0 Å². The van der Waals surface area contributed by atoms with E-state index in [0.29, 0.717) is 12.1 Å². The molecule has 0 amide bonds. The summed E-state index contributed by atoms with van der Waals surface area (Å²) in [7, 11) is 1.43. The number of carbonyl (C=O) groups is 1. The Morgan fingerprint density at radius 1 is 1.18 bits per heavy atom. The maximum absolute atomic E-state index is 11.8. The number of phenols is 1. The van der Waals surface area contributed by atoms with Crippen LogP contribution in [0.15, 0.2) is 54.7 Å². The highest BCUT2D eigenvalue weighted by molar-refractivity contribution is 5.72. The minimum Gasteiger partial charge on any atom is -0.507 e. The number of phenolic OH excluding ortho intramolecular Hbond substituents is 1. The van der Waals surface area contributed by atoms with Crippen molar-refractivity contribution in [1.82, 2.24) is 9.55 Å². The Balaban J connectivity index is 1.52. The van der Waals surface area contributed by atoms with Crippen LogP contribution in [0.4, 0.5) is 0 Å². The first-order valence-corrected chi connectivity index (χ1v) is 9.18. The molecule has 0 aliphatic carbocycles. The zero-order valence-corrected chi connectivity index (χ0v) is 15.6. The molecule has 0 saturated carbocycles. The highest BCUT2D eigenvalue weighted by Crippen LogP contribution is 2.26. The summed E-state index contributed by atoms with van der Waals surface area (Å²) >= 11 is 0. The van der Waals surface area contributed by atoms with Crippen LogP contribution in [-0.4, -0.2) is 27.7 Å². The van der Waals surface area contributed by atoms with Crippen LogP contribution in [-0.2, 0) is 22.5 Å². The number of hydrogen-bond donors (Lipinski definition) is 1. The lowest BCUT2D eigenvalue weighted by Gasteiger charge is -2.21. The van der Waals surface area contributed by atoms with Gasteiger partial charge in [0, 0.05) is 30.3 Å². The fourth-order valence-electron chi connectivity index (χ4n) is 3.39. The summed E-state index contributed by atoms with van der Waals surface area (Å²) in [4.78, 5) is 16.5. The monoisotopic (exact) mass is 372 g/mol. The molecule has 1 N–H and O–H groups in total. The minimum atomic E-state index is -0.159. The lowest BCUT2D eigenvalue weighted by atomic mass is 10.00. The van der Waals surface area contributed by atoms with Gasteiger partial charge in [0.15, 0.2) is 0 Å². The summed E-state index contributed by atoms with van der Waals surface area (Å²) in [6, 6.07) is 14.9.